The van der Waals surface area contributed by atoms with E-state index in [1.807, 2.05) is 6.07 Å². The molecule has 2 rings (SSSR count). The van der Waals surface area contributed by atoms with Crippen LogP contribution in [-0.2, 0) is 0 Å². The SMILES string of the molecule is CC1(C)CCN(c2cccc(F)c2C(=N)N)C1. The number of hydrogen-bond acceptors (Lipinski definition) is 2. The molecule has 0 aromatic heterocycles. The van der Waals surface area contributed by atoms with E-state index in [0.29, 0.717) is 0 Å². The summed E-state index contributed by atoms with van der Waals surface area (Å²) in [5, 5.41) is 7.49. The second kappa shape index (κ2) is 4.02. The number of nitrogen functional groups attached to an aromatic ring is 1. The Morgan fingerprint density at radius 3 is 2.71 bits per heavy atom. The van der Waals surface area contributed by atoms with Gasteiger partial charge in [-0.05, 0) is 24.0 Å². The van der Waals surface area contributed by atoms with Crippen LogP contribution in [0.15, 0.2) is 18.2 Å². The standard InChI is InChI=1S/C13H18FN3/c1-13(2)6-7-17(8-13)10-5-3-4-9(14)11(10)12(15)16/h3-5H,6-8H2,1-2H3,(H3,15,16). The average Bonchev–Trinajstić information content (AvgIpc) is 2.57. The van der Waals surface area contributed by atoms with Crippen molar-refractivity contribution in [1.82, 2.24) is 0 Å². The molecule has 3 nitrogen and oxygen atoms in total. The molecule has 17 heavy (non-hydrogen) atoms. The third-order valence-electron chi connectivity index (χ3n) is 3.28. The van der Waals surface area contributed by atoms with Crippen LogP contribution in [0.1, 0.15) is 25.8 Å². The van der Waals surface area contributed by atoms with Crippen molar-refractivity contribution < 1.29 is 4.39 Å². The summed E-state index contributed by atoms with van der Waals surface area (Å²) in [6.07, 6.45) is 1.07. The van der Waals surface area contributed by atoms with E-state index >= 15 is 0 Å². The minimum atomic E-state index is -0.417. The first kappa shape index (κ1) is 11.9. The average molecular weight is 235 g/mol. The van der Waals surface area contributed by atoms with E-state index in [4.69, 9.17) is 11.1 Å². The fourth-order valence-corrected chi connectivity index (χ4v) is 2.36. The van der Waals surface area contributed by atoms with Crippen molar-refractivity contribution in [3.05, 3.63) is 29.6 Å². The zero-order chi connectivity index (χ0) is 12.6. The number of nitrogens with zero attached hydrogens (tertiary/aromatic N) is 1. The molecule has 92 valence electrons. The molecule has 1 fully saturated rings. The van der Waals surface area contributed by atoms with Crippen LogP contribution in [-0.4, -0.2) is 18.9 Å². The van der Waals surface area contributed by atoms with Gasteiger partial charge in [-0.2, -0.15) is 0 Å². The van der Waals surface area contributed by atoms with E-state index in [2.05, 4.69) is 18.7 Å². The third kappa shape index (κ3) is 2.25. The van der Waals surface area contributed by atoms with Gasteiger partial charge >= 0.3 is 0 Å². The van der Waals surface area contributed by atoms with Crippen molar-refractivity contribution in [3.8, 4) is 0 Å². The first-order valence-corrected chi connectivity index (χ1v) is 5.78. The number of hydrogen-bond donors (Lipinski definition) is 2. The van der Waals surface area contributed by atoms with Crippen LogP contribution < -0.4 is 10.6 Å². The van der Waals surface area contributed by atoms with Crippen LogP contribution in [0.3, 0.4) is 0 Å². The number of halogens is 1. The third-order valence-corrected chi connectivity index (χ3v) is 3.28. The molecule has 0 spiro atoms. The molecule has 0 amide bonds. The second-order valence-electron chi connectivity index (χ2n) is 5.38. The summed E-state index contributed by atoms with van der Waals surface area (Å²) in [6, 6.07) is 4.85. The topological polar surface area (TPSA) is 53.1 Å². The lowest BCUT2D eigenvalue weighted by Crippen LogP contribution is -2.26. The highest BCUT2D eigenvalue weighted by atomic mass is 19.1. The first-order chi connectivity index (χ1) is 7.91. The van der Waals surface area contributed by atoms with Gasteiger partial charge in [-0.15, -0.1) is 0 Å². The van der Waals surface area contributed by atoms with E-state index in [-0.39, 0.29) is 16.8 Å². The molecule has 1 aromatic carbocycles. The highest BCUT2D eigenvalue weighted by Crippen LogP contribution is 2.34. The summed E-state index contributed by atoms with van der Waals surface area (Å²) < 4.78 is 13.7. The van der Waals surface area contributed by atoms with Crippen LogP contribution in [0.2, 0.25) is 0 Å². The Bertz CT molecular complexity index is 454. The minimum absolute atomic E-state index is 0.206. The molecule has 1 heterocycles. The summed E-state index contributed by atoms with van der Waals surface area (Å²) in [6.45, 7) is 6.15. The summed E-state index contributed by atoms with van der Waals surface area (Å²) in [5.74, 6) is -0.623. The molecule has 1 saturated heterocycles. The molecule has 0 atom stereocenters. The lowest BCUT2D eigenvalue weighted by molar-refractivity contribution is 0.418. The van der Waals surface area contributed by atoms with Gasteiger partial charge in [0, 0.05) is 13.1 Å². The largest absolute Gasteiger partial charge is 0.384 e. The van der Waals surface area contributed by atoms with Crippen molar-refractivity contribution in [1.29, 1.82) is 5.41 Å². The zero-order valence-corrected chi connectivity index (χ0v) is 10.3. The molecule has 4 heteroatoms. The van der Waals surface area contributed by atoms with Gasteiger partial charge in [0.15, 0.2) is 0 Å². The maximum absolute atomic E-state index is 13.7. The van der Waals surface area contributed by atoms with Crippen molar-refractivity contribution in [2.75, 3.05) is 18.0 Å². The van der Waals surface area contributed by atoms with Gasteiger partial charge in [0.2, 0.25) is 0 Å². The van der Waals surface area contributed by atoms with E-state index < -0.39 is 5.82 Å². The summed E-state index contributed by atoms with van der Waals surface area (Å²) in [5.41, 5.74) is 6.67. The van der Waals surface area contributed by atoms with Crippen molar-refractivity contribution >= 4 is 11.5 Å². The molecule has 0 bridgehead atoms. The zero-order valence-electron chi connectivity index (χ0n) is 10.3. The van der Waals surface area contributed by atoms with E-state index in [1.165, 1.54) is 6.07 Å². The predicted molar refractivity (Wildman–Crippen MR) is 68.0 cm³/mol. The Balaban J connectivity index is 2.40. The normalized spacial score (nSPS) is 18.4. The number of rotatable bonds is 2. The summed E-state index contributed by atoms with van der Waals surface area (Å²) in [4.78, 5) is 2.11. The number of benzene rings is 1. The quantitative estimate of drug-likeness (QED) is 0.610. The number of nitrogens with two attached hydrogens (primary N) is 1. The van der Waals surface area contributed by atoms with Crippen LogP contribution in [0.4, 0.5) is 10.1 Å². The molecule has 0 aliphatic carbocycles. The monoisotopic (exact) mass is 235 g/mol. The molecule has 0 saturated carbocycles. The number of amidine groups is 1. The van der Waals surface area contributed by atoms with Gasteiger partial charge in [-0.3, -0.25) is 5.41 Å². The van der Waals surface area contributed by atoms with Gasteiger partial charge in [-0.1, -0.05) is 19.9 Å². The van der Waals surface area contributed by atoms with Gasteiger partial charge in [0.05, 0.1) is 11.3 Å². The molecule has 3 N–H and O–H groups in total. The Hall–Kier alpha value is -1.58. The maximum atomic E-state index is 13.7. The lowest BCUT2D eigenvalue weighted by Gasteiger charge is -2.24. The molecule has 1 aliphatic heterocycles. The van der Waals surface area contributed by atoms with E-state index in [9.17, 15) is 4.39 Å². The van der Waals surface area contributed by atoms with Crippen LogP contribution in [0.25, 0.3) is 0 Å². The molecule has 0 unspecified atom stereocenters. The maximum Gasteiger partial charge on any atom is 0.136 e. The number of nitrogens with one attached hydrogen (secondary N) is 1. The van der Waals surface area contributed by atoms with Gasteiger partial charge < -0.3 is 10.6 Å². The van der Waals surface area contributed by atoms with Crippen molar-refractivity contribution in [2.45, 2.75) is 20.3 Å². The van der Waals surface area contributed by atoms with Gasteiger partial charge in [0.1, 0.15) is 11.7 Å². The Kier molecular flexibility index (Phi) is 2.81. The highest BCUT2D eigenvalue weighted by molar-refractivity contribution is 6.00. The van der Waals surface area contributed by atoms with Gasteiger partial charge in [0.25, 0.3) is 0 Å². The summed E-state index contributed by atoms with van der Waals surface area (Å²) >= 11 is 0. The fraction of sp³-hybridized carbons (Fsp3) is 0.462. The lowest BCUT2D eigenvalue weighted by atomic mass is 9.93. The predicted octanol–water partition coefficient (Wildman–Crippen LogP) is 2.35. The molecule has 1 aromatic rings. The highest BCUT2D eigenvalue weighted by Gasteiger charge is 2.31. The van der Waals surface area contributed by atoms with Crippen LogP contribution >= 0.6 is 0 Å². The second-order valence-corrected chi connectivity index (χ2v) is 5.38. The Morgan fingerprint density at radius 1 is 1.47 bits per heavy atom. The fourth-order valence-electron chi connectivity index (χ4n) is 2.36. The molecule has 0 radical (unpaired) electrons. The van der Waals surface area contributed by atoms with Gasteiger partial charge in [-0.25, -0.2) is 4.39 Å². The Morgan fingerprint density at radius 2 is 2.18 bits per heavy atom. The molecular weight excluding hydrogens is 217 g/mol. The van der Waals surface area contributed by atoms with E-state index in [0.717, 1.165) is 25.2 Å². The van der Waals surface area contributed by atoms with Crippen LogP contribution in [0.5, 0.6) is 0 Å². The van der Waals surface area contributed by atoms with Crippen LogP contribution in [0, 0.1) is 16.6 Å². The number of anilines is 1. The Labute approximate surface area is 101 Å². The van der Waals surface area contributed by atoms with Crippen molar-refractivity contribution in [3.63, 3.8) is 0 Å². The van der Waals surface area contributed by atoms with E-state index in [1.54, 1.807) is 6.07 Å². The first-order valence-electron chi connectivity index (χ1n) is 5.78. The summed E-state index contributed by atoms with van der Waals surface area (Å²) in [7, 11) is 0. The smallest absolute Gasteiger partial charge is 0.136 e. The minimum Gasteiger partial charge on any atom is -0.384 e. The molecule has 1 aliphatic rings. The molecular formula is C13H18FN3. The van der Waals surface area contributed by atoms with Crippen molar-refractivity contribution in [2.24, 2.45) is 11.1 Å².